The summed E-state index contributed by atoms with van der Waals surface area (Å²) in [4.78, 5) is 45.8. The number of carbonyl (C=O) groups excluding carboxylic acids is 2. The Morgan fingerprint density at radius 1 is 0.432 bits per heavy atom. The van der Waals surface area contributed by atoms with Gasteiger partial charge < -0.3 is 53.6 Å². The number of methoxy groups -OCH3 is 2. The maximum Gasteiger partial charge on any atom is 0.364 e. The monoisotopic (exact) mass is 1940 g/mol. The number of aromatic amines is 1. The van der Waals surface area contributed by atoms with Gasteiger partial charge in [-0.05, 0) is 261 Å². The molecule has 3 aromatic heterocycles. The van der Waals surface area contributed by atoms with Gasteiger partial charge in [-0.3, -0.25) is 4.79 Å². The molecule has 4 heterocycles. The number of benzene rings is 10. The van der Waals surface area contributed by atoms with Gasteiger partial charge in [-0.25, -0.2) is 99.1 Å². The lowest BCUT2D eigenvalue weighted by Gasteiger charge is -2.15. The molecule has 8 aliphatic carbocycles. The smallest absolute Gasteiger partial charge is 0.364 e. The lowest BCUT2D eigenvalue weighted by atomic mass is 10.1. The molecular formula is C99H81F16N9O15. The van der Waals surface area contributed by atoms with Gasteiger partial charge in [0.25, 0.3) is 5.88 Å². The van der Waals surface area contributed by atoms with Gasteiger partial charge in [-0.15, -0.1) is 10.2 Å². The number of aromatic nitrogens is 9. The number of aliphatic hydroxyl groups is 2. The molecule has 139 heavy (non-hydrogen) atoms. The summed E-state index contributed by atoms with van der Waals surface area (Å²) in [6.45, 7) is 2.41. The van der Waals surface area contributed by atoms with Gasteiger partial charge in [0.15, 0.2) is 98.9 Å². The number of aryl methyl sites for hydroxylation is 2. The minimum absolute atomic E-state index is 0.00654. The first-order valence-corrected chi connectivity index (χ1v) is 43.2. The fourth-order valence-corrected chi connectivity index (χ4v) is 16.9. The number of carboxylic acids is 2. The van der Waals surface area contributed by atoms with Gasteiger partial charge in [0, 0.05) is 56.9 Å². The minimum Gasteiger partial charge on any atom is -0.497 e. The number of carboxylic acid groups (broad SMARTS) is 2. The highest BCUT2D eigenvalue weighted by Gasteiger charge is 2.48. The van der Waals surface area contributed by atoms with E-state index in [4.69, 9.17) is 38.3 Å². The van der Waals surface area contributed by atoms with Crippen LogP contribution in [0.5, 0.6) is 29.1 Å². The Balaban J connectivity index is 0.000000124. The van der Waals surface area contributed by atoms with Gasteiger partial charge in [0.2, 0.25) is 28.8 Å². The number of Topliss-reactive ketones (excluding diaryl/α,β-unsaturated/α-hetero) is 1. The summed E-state index contributed by atoms with van der Waals surface area (Å²) in [7, 11) is 3.15. The van der Waals surface area contributed by atoms with E-state index in [1.807, 2.05) is 42.5 Å². The van der Waals surface area contributed by atoms with Crippen LogP contribution in [0, 0.1) is 93.1 Å². The SMILES string of the molecule is CCOC(=O)c1nnn(Cc2ccc(OC)cc2)c1OC1Cc2cc(F)c(F)cc2C1.COc1ccc(Cn2nnc(C(=O)O)c2OC2Cc3cc(F)c(F)cc3C2)cc1.Fc1cc2c(cc1F)C1OC1C2.Fc1cc2c(cc1F)CC=C2.O=C(O)c1[nH]nnc1OC1Cc2cc(F)c(F)cc2C1.O=C1CCc2cc(F)c(F)cc21.OC1CCc2cc(F)c(F)cc21.OC1Cc2cc(F)c(F)cc2C1. The molecule has 1 fully saturated rings. The molecule has 40 heteroatoms. The van der Waals surface area contributed by atoms with Crippen molar-refractivity contribution in [2.24, 2.45) is 0 Å². The molecule has 1 aliphatic heterocycles. The van der Waals surface area contributed by atoms with E-state index in [2.05, 4.69) is 36.0 Å². The molecule has 10 aromatic carbocycles. The third kappa shape index (κ3) is 23.4. The largest absolute Gasteiger partial charge is 0.497 e. The number of carbonyl (C=O) groups is 4. The summed E-state index contributed by atoms with van der Waals surface area (Å²) < 4.78 is 248. The van der Waals surface area contributed by atoms with E-state index in [0.717, 1.165) is 99.0 Å². The summed E-state index contributed by atoms with van der Waals surface area (Å²) in [5, 5.41) is 61.6. The Labute approximate surface area is 779 Å². The van der Waals surface area contributed by atoms with Crippen molar-refractivity contribution in [3.63, 3.8) is 0 Å². The number of aromatic carboxylic acids is 2. The second kappa shape index (κ2) is 42.9. The zero-order valence-corrected chi connectivity index (χ0v) is 73.5. The number of nitrogens with one attached hydrogen (secondary N) is 1. The number of ketones is 1. The Kier molecular flexibility index (Phi) is 30.4. The average Bonchev–Trinajstić information content (AvgIpc) is 1.58. The zero-order valence-electron chi connectivity index (χ0n) is 73.5. The molecule has 0 spiro atoms. The number of allylic oxidation sites excluding steroid dienone is 1. The summed E-state index contributed by atoms with van der Waals surface area (Å²) in [6, 6.07) is 33.2. The van der Waals surface area contributed by atoms with E-state index in [0.29, 0.717) is 152 Å². The Morgan fingerprint density at radius 3 is 1.28 bits per heavy atom. The number of esters is 1. The van der Waals surface area contributed by atoms with Gasteiger partial charge in [0.1, 0.15) is 35.9 Å². The first-order valence-electron chi connectivity index (χ1n) is 43.2. The van der Waals surface area contributed by atoms with Gasteiger partial charge in [0.05, 0.1) is 52.2 Å². The highest BCUT2D eigenvalue weighted by atomic mass is 19.2. The van der Waals surface area contributed by atoms with Crippen LogP contribution in [0.15, 0.2) is 152 Å². The maximum absolute atomic E-state index is 13.6. The first-order chi connectivity index (χ1) is 66.5. The van der Waals surface area contributed by atoms with Crippen molar-refractivity contribution >= 4 is 29.8 Å². The number of hydrogen-bond donors (Lipinski definition) is 5. The number of epoxide rings is 1. The number of nitrogens with zero attached hydrogens (tertiary/aromatic N) is 8. The molecule has 0 bridgehead atoms. The minimum atomic E-state index is -1.27. The molecule has 724 valence electrons. The Hall–Kier alpha value is -14.8. The summed E-state index contributed by atoms with van der Waals surface area (Å²) in [5.41, 5.74) is 12.1. The lowest BCUT2D eigenvalue weighted by Crippen LogP contribution is -2.21. The van der Waals surface area contributed by atoms with Gasteiger partial charge in [-0.1, -0.05) is 57.2 Å². The normalized spacial score (nSPS) is 16.0. The quantitative estimate of drug-likeness (QED) is 0.0341. The van der Waals surface area contributed by atoms with Crippen LogP contribution in [0.3, 0.4) is 0 Å². The number of halogens is 16. The van der Waals surface area contributed by atoms with Crippen LogP contribution < -0.4 is 23.7 Å². The van der Waals surface area contributed by atoms with Crippen molar-refractivity contribution < 1.29 is 143 Å². The summed E-state index contributed by atoms with van der Waals surface area (Å²) >= 11 is 0. The Bertz CT molecular complexity index is 6690. The van der Waals surface area contributed by atoms with Gasteiger partial charge >= 0.3 is 17.9 Å². The van der Waals surface area contributed by atoms with Crippen LogP contribution in [0.25, 0.3) is 6.08 Å². The second-order valence-corrected chi connectivity index (χ2v) is 33.2. The second-order valence-electron chi connectivity index (χ2n) is 33.2. The molecule has 3 unspecified atom stereocenters. The predicted octanol–water partition coefficient (Wildman–Crippen LogP) is 17.5. The van der Waals surface area contributed by atoms with E-state index in [1.54, 1.807) is 39.4 Å². The highest BCUT2D eigenvalue weighted by Crippen LogP contribution is 2.49. The number of ether oxygens (including phenoxy) is 7. The maximum atomic E-state index is 13.6. The lowest BCUT2D eigenvalue weighted by molar-refractivity contribution is 0.0509. The van der Waals surface area contributed by atoms with E-state index in [-0.39, 0.29) is 65.9 Å². The van der Waals surface area contributed by atoms with Crippen LogP contribution in [-0.2, 0) is 99.6 Å². The van der Waals surface area contributed by atoms with E-state index < -0.39 is 142 Å². The van der Waals surface area contributed by atoms with Gasteiger partial charge in [-0.2, -0.15) is 0 Å². The molecule has 0 amide bonds. The topological polar surface area (TPSA) is 320 Å². The fraction of sp³-hybridized carbons (Fsp3) is 0.273. The van der Waals surface area contributed by atoms with Crippen LogP contribution in [0.4, 0.5) is 70.2 Å². The molecule has 13 aromatic rings. The molecule has 22 rings (SSSR count). The van der Waals surface area contributed by atoms with Crippen LogP contribution in [0.1, 0.15) is 168 Å². The standard InChI is InChI=1S/C22H21F2N3O4.C20H17F2N3O4.C12H9F2N3O3.C9H6F2O.2C9H8F2O.C9H6F2O.C9H6F2/c1-3-30-22(28)20-21(27(26-25-20)12-13-4-6-16(29-2)7-5-13)31-17-8-14-10-18(23)19(24)11-15(14)9-17;1-28-14-4-2-11(3-5-14)10-25-19(18(20(26)27)23-24-25)29-15-6-12-8-16(21)17(22)9-13(12)7-15;13-8-3-5-1-7(2-6(5)4-9(8)14)20-11-10(12(18)19)15-17-16-11;10-6-1-4-2-8-9(12-8)5(4)3-7(6)11;10-8-3-5-1-7(12)2-6(5)4-9(8)11;2*10-7-3-5-1-2-9(12)6(5)4-8(7)11;10-8-4-6-2-1-3-7(6)5-9(8)11/h4-7,10-11,17H,3,8-9,12H2,1-2H3;2-5,8-9,15H,6-7,10H2,1H3,(H,26,27);3-4,7H,1-2H2,(H,18,19)(H,15,16,17);1,3,8-9H,2H2;3-4,7,12H,1-2H2;3-4,9,12H,1-2H2;3-4H,1-2H2;1-2,4-5H,3H2. The van der Waals surface area contributed by atoms with E-state index >= 15 is 0 Å². The zero-order chi connectivity index (χ0) is 99.1. The Morgan fingerprint density at radius 2 is 0.827 bits per heavy atom. The number of fused-ring (bicyclic) bond motifs is 10. The number of aliphatic hydroxyl groups excluding tert-OH is 2. The fourth-order valence-electron chi connectivity index (χ4n) is 16.9. The third-order valence-corrected chi connectivity index (χ3v) is 23.8. The van der Waals surface area contributed by atoms with E-state index in [9.17, 15) is 105 Å². The number of H-pyrrole nitrogens is 1. The first kappa shape index (κ1) is 98.7. The number of hydrogen-bond acceptors (Lipinski definition) is 19. The molecule has 1 saturated heterocycles. The van der Waals surface area contributed by atoms with Crippen LogP contribution in [-0.4, -0.2) is 141 Å². The number of rotatable bonds is 16. The van der Waals surface area contributed by atoms with Crippen molar-refractivity contribution in [1.29, 1.82) is 0 Å². The van der Waals surface area contributed by atoms with Crippen molar-refractivity contribution in [2.45, 2.75) is 153 Å². The molecule has 24 nitrogen and oxygen atoms in total. The van der Waals surface area contributed by atoms with Crippen molar-refractivity contribution in [2.75, 3.05) is 20.8 Å². The van der Waals surface area contributed by atoms with Crippen molar-refractivity contribution in [3.05, 3.63) is 362 Å². The summed E-state index contributed by atoms with van der Waals surface area (Å²) in [5.74, 6) is -15.5. The average molecular weight is 1940 g/mol. The molecule has 9 aliphatic rings. The van der Waals surface area contributed by atoms with E-state index in [1.165, 1.54) is 64.0 Å². The summed E-state index contributed by atoms with van der Waals surface area (Å²) in [6.07, 6.45) is 8.11. The third-order valence-electron chi connectivity index (χ3n) is 23.8. The van der Waals surface area contributed by atoms with Crippen molar-refractivity contribution in [1.82, 2.24) is 45.4 Å². The highest BCUT2D eigenvalue weighted by molar-refractivity contribution is 6.00. The molecule has 0 radical (unpaired) electrons. The molecule has 5 N–H and O–H groups in total. The van der Waals surface area contributed by atoms with Crippen LogP contribution >= 0.6 is 0 Å². The predicted molar refractivity (Wildman–Crippen MR) is 460 cm³/mol. The molecular weight excluding hydrogens is 1860 g/mol. The molecule has 0 saturated carbocycles. The molecule has 3 atom stereocenters. The van der Waals surface area contributed by atoms with Crippen LogP contribution in [0.2, 0.25) is 0 Å². The van der Waals surface area contributed by atoms with Crippen molar-refractivity contribution in [3.8, 4) is 29.1 Å².